The van der Waals surface area contributed by atoms with Crippen LogP contribution in [-0.2, 0) is 12.8 Å². The zero-order chi connectivity index (χ0) is 15.4. The van der Waals surface area contributed by atoms with Crippen molar-refractivity contribution in [2.45, 2.75) is 32.7 Å². The lowest BCUT2D eigenvalue weighted by Gasteiger charge is -2.17. The van der Waals surface area contributed by atoms with Crippen LogP contribution in [0.1, 0.15) is 22.3 Å². The minimum Gasteiger partial charge on any atom is -0.316 e. The highest BCUT2D eigenvalue weighted by atomic mass is 19.1. The Labute approximate surface area is 125 Å². The fraction of sp³-hybridized carbons (Fsp3) is 0.333. The Morgan fingerprint density at radius 1 is 0.952 bits per heavy atom. The molecular formula is C18H21F2N. The van der Waals surface area contributed by atoms with Gasteiger partial charge in [-0.15, -0.1) is 0 Å². The van der Waals surface area contributed by atoms with E-state index in [1.54, 1.807) is 0 Å². The molecule has 0 saturated carbocycles. The summed E-state index contributed by atoms with van der Waals surface area (Å²) in [5.41, 5.74) is 4.13. The molecule has 1 nitrogen and oxygen atoms in total. The van der Waals surface area contributed by atoms with Gasteiger partial charge in [0.25, 0.3) is 0 Å². The monoisotopic (exact) mass is 289 g/mol. The molecule has 2 aromatic rings. The Bertz CT molecular complexity index is 623. The third-order valence-corrected chi connectivity index (χ3v) is 3.94. The van der Waals surface area contributed by atoms with E-state index < -0.39 is 5.82 Å². The average molecular weight is 289 g/mol. The maximum atomic E-state index is 13.7. The number of rotatable bonds is 5. The summed E-state index contributed by atoms with van der Waals surface area (Å²) in [6, 6.07) is 10.0. The second kappa shape index (κ2) is 6.81. The van der Waals surface area contributed by atoms with Gasteiger partial charge in [-0.3, -0.25) is 0 Å². The smallest absolute Gasteiger partial charge is 0.126 e. The van der Waals surface area contributed by atoms with Gasteiger partial charge in [-0.05, 0) is 74.2 Å². The van der Waals surface area contributed by atoms with Crippen LogP contribution in [0.2, 0.25) is 0 Å². The van der Waals surface area contributed by atoms with Crippen molar-refractivity contribution in [3.63, 3.8) is 0 Å². The van der Waals surface area contributed by atoms with E-state index in [1.165, 1.54) is 28.8 Å². The zero-order valence-corrected chi connectivity index (χ0v) is 12.7. The molecule has 0 aromatic heterocycles. The quantitative estimate of drug-likeness (QED) is 0.878. The van der Waals surface area contributed by atoms with Crippen LogP contribution in [0.3, 0.4) is 0 Å². The highest BCUT2D eigenvalue weighted by Crippen LogP contribution is 2.16. The number of hydrogen-bond acceptors (Lipinski definition) is 1. The number of halogens is 2. The van der Waals surface area contributed by atoms with Crippen LogP contribution in [0.4, 0.5) is 8.78 Å². The Morgan fingerprint density at radius 2 is 1.71 bits per heavy atom. The van der Waals surface area contributed by atoms with Crippen molar-refractivity contribution in [2.24, 2.45) is 0 Å². The van der Waals surface area contributed by atoms with E-state index in [9.17, 15) is 8.78 Å². The molecule has 2 aromatic carbocycles. The molecule has 21 heavy (non-hydrogen) atoms. The van der Waals surface area contributed by atoms with E-state index in [0.29, 0.717) is 12.0 Å². The second-order valence-electron chi connectivity index (χ2n) is 5.55. The van der Waals surface area contributed by atoms with Gasteiger partial charge < -0.3 is 5.32 Å². The Hall–Kier alpha value is -1.74. The van der Waals surface area contributed by atoms with Crippen molar-refractivity contribution in [1.82, 2.24) is 5.32 Å². The van der Waals surface area contributed by atoms with Gasteiger partial charge in [0.1, 0.15) is 11.6 Å². The van der Waals surface area contributed by atoms with Crippen LogP contribution < -0.4 is 5.32 Å². The van der Waals surface area contributed by atoms with Gasteiger partial charge >= 0.3 is 0 Å². The normalized spacial score (nSPS) is 12.4. The SMILES string of the molecule is CNC(Cc1ccc(C)c(C)c1)Cc1cc(F)ccc1F. The molecule has 0 radical (unpaired) electrons. The molecule has 1 N–H and O–H groups in total. The molecule has 0 spiro atoms. The molecule has 0 amide bonds. The fourth-order valence-electron chi connectivity index (χ4n) is 2.46. The minimum absolute atomic E-state index is 0.0726. The van der Waals surface area contributed by atoms with E-state index in [4.69, 9.17) is 0 Å². The summed E-state index contributed by atoms with van der Waals surface area (Å²) in [7, 11) is 1.85. The van der Waals surface area contributed by atoms with Gasteiger partial charge in [-0.1, -0.05) is 18.2 Å². The van der Waals surface area contributed by atoms with E-state index in [-0.39, 0.29) is 11.9 Å². The van der Waals surface area contributed by atoms with Crippen molar-refractivity contribution < 1.29 is 8.78 Å². The molecule has 0 saturated heterocycles. The van der Waals surface area contributed by atoms with Crippen LogP contribution in [0.5, 0.6) is 0 Å². The predicted molar refractivity (Wildman–Crippen MR) is 82.5 cm³/mol. The topological polar surface area (TPSA) is 12.0 Å². The lowest BCUT2D eigenvalue weighted by Crippen LogP contribution is -2.30. The maximum Gasteiger partial charge on any atom is 0.126 e. The predicted octanol–water partition coefficient (Wildman–Crippen LogP) is 3.95. The summed E-state index contributed by atoms with van der Waals surface area (Å²) >= 11 is 0. The van der Waals surface area contributed by atoms with Crippen LogP contribution in [0.25, 0.3) is 0 Å². The molecule has 1 atom stereocenters. The summed E-state index contributed by atoms with van der Waals surface area (Å²) in [5, 5.41) is 3.19. The summed E-state index contributed by atoms with van der Waals surface area (Å²) in [5.74, 6) is -0.746. The Kier molecular flexibility index (Phi) is 5.07. The van der Waals surface area contributed by atoms with E-state index >= 15 is 0 Å². The largest absolute Gasteiger partial charge is 0.316 e. The van der Waals surface area contributed by atoms with Crippen molar-refractivity contribution in [3.8, 4) is 0 Å². The third kappa shape index (κ3) is 4.11. The van der Waals surface area contributed by atoms with Gasteiger partial charge in [0.15, 0.2) is 0 Å². The summed E-state index contributed by atoms with van der Waals surface area (Å²) < 4.78 is 27.0. The first-order valence-electron chi connectivity index (χ1n) is 7.17. The third-order valence-electron chi connectivity index (χ3n) is 3.94. The Morgan fingerprint density at radius 3 is 2.38 bits per heavy atom. The molecule has 3 heteroatoms. The average Bonchev–Trinajstić information content (AvgIpc) is 2.46. The molecule has 0 aliphatic carbocycles. The molecule has 0 aliphatic rings. The highest BCUT2D eigenvalue weighted by Gasteiger charge is 2.12. The standard InChI is InChI=1S/C18H21F2N/c1-12-4-5-14(8-13(12)2)9-17(21-3)11-15-10-16(19)6-7-18(15)20/h4-8,10,17,21H,9,11H2,1-3H3. The highest BCUT2D eigenvalue weighted by molar-refractivity contribution is 5.30. The number of likely N-dealkylation sites (N-methyl/N-ethyl adjacent to an activating group) is 1. The molecule has 2 rings (SSSR count). The van der Waals surface area contributed by atoms with E-state index in [1.807, 2.05) is 7.05 Å². The number of benzene rings is 2. The number of hydrogen-bond donors (Lipinski definition) is 1. The fourth-order valence-corrected chi connectivity index (χ4v) is 2.46. The van der Waals surface area contributed by atoms with Gasteiger partial charge in [0.2, 0.25) is 0 Å². The van der Waals surface area contributed by atoms with Crippen LogP contribution in [0, 0.1) is 25.5 Å². The van der Waals surface area contributed by atoms with E-state index in [2.05, 4.69) is 37.4 Å². The Balaban J connectivity index is 2.12. The summed E-state index contributed by atoms with van der Waals surface area (Å²) in [6.07, 6.45) is 1.25. The first-order valence-corrected chi connectivity index (χ1v) is 7.17. The van der Waals surface area contributed by atoms with Crippen molar-refractivity contribution >= 4 is 0 Å². The first kappa shape index (κ1) is 15.6. The van der Waals surface area contributed by atoms with Gasteiger partial charge in [-0.25, -0.2) is 8.78 Å². The molecule has 0 aliphatic heterocycles. The van der Waals surface area contributed by atoms with Crippen LogP contribution in [-0.4, -0.2) is 13.1 Å². The van der Waals surface area contributed by atoms with Crippen molar-refractivity contribution in [1.29, 1.82) is 0 Å². The second-order valence-corrected chi connectivity index (χ2v) is 5.55. The molecule has 0 bridgehead atoms. The van der Waals surface area contributed by atoms with Crippen LogP contribution in [0.15, 0.2) is 36.4 Å². The van der Waals surface area contributed by atoms with Gasteiger partial charge in [0.05, 0.1) is 0 Å². The van der Waals surface area contributed by atoms with Crippen LogP contribution >= 0.6 is 0 Å². The lowest BCUT2D eigenvalue weighted by atomic mass is 9.96. The zero-order valence-electron chi connectivity index (χ0n) is 12.7. The van der Waals surface area contributed by atoms with Crippen molar-refractivity contribution in [2.75, 3.05) is 7.05 Å². The summed E-state index contributed by atoms with van der Waals surface area (Å²) in [6.45, 7) is 4.16. The van der Waals surface area contributed by atoms with E-state index in [0.717, 1.165) is 12.5 Å². The first-order chi connectivity index (χ1) is 9.99. The van der Waals surface area contributed by atoms with Crippen molar-refractivity contribution in [3.05, 3.63) is 70.3 Å². The molecule has 0 heterocycles. The molecule has 1 unspecified atom stereocenters. The molecule has 112 valence electrons. The maximum absolute atomic E-state index is 13.7. The molecular weight excluding hydrogens is 268 g/mol. The lowest BCUT2D eigenvalue weighted by molar-refractivity contribution is 0.525. The minimum atomic E-state index is -0.396. The van der Waals surface area contributed by atoms with Gasteiger partial charge in [0, 0.05) is 6.04 Å². The summed E-state index contributed by atoms with van der Waals surface area (Å²) in [4.78, 5) is 0. The number of aryl methyl sites for hydroxylation is 2. The van der Waals surface area contributed by atoms with Gasteiger partial charge in [-0.2, -0.15) is 0 Å². The number of nitrogens with one attached hydrogen (secondary N) is 1. The molecule has 0 fully saturated rings.